The second-order valence-corrected chi connectivity index (χ2v) is 7.86. The van der Waals surface area contributed by atoms with Crippen molar-refractivity contribution in [2.75, 3.05) is 0 Å². The minimum Gasteiger partial charge on any atom is -0.327 e. The van der Waals surface area contributed by atoms with Gasteiger partial charge in [0.05, 0.1) is 24.5 Å². The number of amides is 1. The van der Waals surface area contributed by atoms with Gasteiger partial charge in [-0.3, -0.25) is 9.59 Å². The number of carbonyl (C=O) groups is 1. The predicted octanol–water partition coefficient (Wildman–Crippen LogP) is 2.53. The van der Waals surface area contributed by atoms with Crippen molar-refractivity contribution in [1.82, 2.24) is 29.0 Å². The van der Waals surface area contributed by atoms with E-state index < -0.39 is 0 Å². The molecule has 8 heteroatoms. The molecule has 0 bridgehead atoms. The topological polar surface area (TPSA) is 78.0 Å². The summed E-state index contributed by atoms with van der Waals surface area (Å²) in [6, 6.07) is 13.1. The van der Waals surface area contributed by atoms with Crippen molar-refractivity contribution in [1.29, 1.82) is 0 Å². The first-order valence-electron chi connectivity index (χ1n) is 10.1. The SMILES string of the molecule is Cc1ccc(-n2nc3c(c2-n2cccc2)CN(C(=O)c2ccc(=O)n(C)n2)C3)cc1C. The molecule has 0 fully saturated rings. The van der Waals surface area contributed by atoms with Crippen molar-refractivity contribution in [3.8, 4) is 11.5 Å². The molecule has 4 aromatic rings. The first kappa shape index (κ1) is 19.0. The Bertz CT molecular complexity index is 1360. The lowest BCUT2D eigenvalue weighted by molar-refractivity contribution is 0.0740. The highest BCUT2D eigenvalue weighted by molar-refractivity contribution is 5.92. The van der Waals surface area contributed by atoms with Crippen LogP contribution in [0.3, 0.4) is 0 Å². The van der Waals surface area contributed by atoms with Crippen LogP contribution in [0.4, 0.5) is 0 Å². The fourth-order valence-corrected chi connectivity index (χ4v) is 3.90. The van der Waals surface area contributed by atoms with Crippen LogP contribution in [-0.2, 0) is 20.1 Å². The van der Waals surface area contributed by atoms with Gasteiger partial charge >= 0.3 is 0 Å². The van der Waals surface area contributed by atoms with Gasteiger partial charge in [-0.1, -0.05) is 6.07 Å². The minimum atomic E-state index is -0.249. The van der Waals surface area contributed by atoms with E-state index in [2.05, 4.69) is 37.1 Å². The second kappa shape index (κ2) is 7.09. The number of nitrogens with zero attached hydrogens (tertiary/aromatic N) is 6. The maximum absolute atomic E-state index is 13.0. The van der Waals surface area contributed by atoms with E-state index in [1.807, 2.05) is 33.8 Å². The Morgan fingerprint density at radius 1 is 0.968 bits per heavy atom. The number of aromatic nitrogens is 5. The first-order chi connectivity index (χ1) is 14.9. The van der Waals surface area contributed by atoms with E-state index in [9.17, 15) is 9.59 Å². The average Bonchev–Trinajstić information content (AvgIpc) is 3.47. The summed E-state index contributed by atoms with van der Waals surface area (Å²) in [4.78, 5) is 26.3. The van der Waals surface area contributed by atoms with Gasteiger partial charge < -0.3 is 9.47 Å². The Labute approximate surface area is 179 Å². The number of hydrogen-bond acceptors (Lipinski definition) is 4. The highest BCUT2D eigenvalue weighted by Gasteiger charge is 2.32. The molecule has 1 amide bonds. The Morgan fingerprint density at radius 2 is 1.74 bits per heavy atom. The summed E-state index contributed by atoms with van der Waals surface area (Å²) in [5.41, 5.74) is 5.28. The van der Waals surface area contributed by atoms with Crippen LogP contribution in [0, 0.1) is 13.8 Å². The molecule has 3 aromatic heterocycles. The molecule has 1 aromatic carbocycles. The van der Waals surface area contributed by atoms with Gasteiger partial charge in [0, 0.05) is 31.1 Å². The number of benzene rings is 1. The molecule has 1 aliphatic rings. The lowest BCUT2D eigenvalue weighted by Gasteiger charge is -2.17. The third-order valence-corrected chi connectivity index (χ3v) is 5.78. The normalized spacial score (nSPS) is 12.9. The zero-order chi connectivity index (χ0) is 21.7. The average molecular weight is 414 g/mol. The number of fused-ring (bicyclic) bond motifs is 1. The molecule has 8 nitrogen and oxygen atoms in total. The molecule has 156 valence electrons. The lowest BCUT2D eigenvalue weighted by atomic mass is 10.1. The van der Waals surface area contributed by atoms with E-state index in [1.54, 1.807) is 4.90 Å². The lowest BCUT2D eigenvalue weighted by Crippen LogP contribution is -2.30. The molecule has 0 saturated heterocycles. The quantitative estimate of drug-likeness (QED) is 0.516. The van der Waals surface area contributed by atoms with E-state index in [0.29, 0.717) is 13.1 Å². The van der Waals surface area contributed by atoms with Crippen LogP contribution in [0.2, 0.25) is 0 Å². The minimum absolute atomic E-state index is 0.218. The zero-order valence-electron chi connectivity index (χ0n) is 17.6. The molecule has 1 aliphatic heterocycles. The first-order valence-corrected chi connectivity index (χ1v) is 10.1. The summed E-state index contributed by atoms with van der Waals surface area (Å²) >= 11 is 0. The van der Waals surface area contributed by atoms with Crippen molar-refractivity contribution in [2.24, 2.45) is 7.05 Å². The van der Waals surface area contributed by atoms with Crippen LogP contribution in [0.25, 0.3) is 11.5 Å². The molecule has 4 heterocycles. The summed E-state index contributed by atoms with van der Waals surface area (Å²) in [5.74, 6) is 0.705. The molecular formula is C23H22N6O2. The number of hydrogen-bond donors (Lipinski definition) is 0. The molecule has 0 saturated carbocycles. The van der Waals surface area contributed by atoms with Gasteiger partial charge in [-0.15, -0.1) is 0 Å². The predicted molar refractivity (Wildman–Crippen MR) is 115 cm³/mol. The summed E-state index contributed by atoms with van der Waals surface area (Å²) in [6.07, 6.45) is 3.96. The fourth-order valence-electron chi connectivity index (χ4n) is 3.90. The molecule has 5 rings (SSSR count). The third kappa shape index (κ3) is 3.16. The summed E-state index contributed by atoms with van der Waals surface area (Å²) in [5, 5.41) is 8.97. The van der Waals surface area contributed by atoms with Crippen molar-refractivity contribution in [2.45, 2.75) is 26.9 Å². The summed E-state index contributed by atoms with van der Waals surface area (Å²) in [6.45, 7) is 5.00. The van der Waals surface area contributed by atoms with Crippen molar-refractivity contribution in [3.63, 3.8) is 0 Å². The van der Waals surface area contributed by atoms with Crippen molar-refractivity contribution in [3.05, 3.63) is 93.3 Å². The van der Waals surface area contributed by atoms with Gasteiger partial charge in [0.2, 0.25) is 0 Å². The number of carbonyl (C=O) groups excluding carboxylic acids is 1. The van der Waals surface area contributed by atoms with Crippen LogP contribution < -0.4 is 5.56 Å². The van der Waals surface area contributed by atoms with E-state index >= 15 is 0 Å². The molecule has 0 spiro atoms. The number of rotatable bonds is 3. The van der Waals surface area contributed by atoms with Crippen molar-refractivity contribution >= 4 is 5.91 Å². The Hall–Kier alpha value is -3.94. The largest absolute Gasteiger partial charge is 0.327 e. The standard InChI is InChI=1S/C23H22N6O2/c1-15-6-7-17(12-16(15)2)29-22(27-10-4-5-11-27)18-13-28(14-20(18)25-29)23(31)19-8-9-21(30)26(3)24-19/h4-12H,13-14H2,1-3H3. The second-order valence-electron chi connectivity index (χ2n) is 7.86. The van der Waals surface area contributed by atoms with Gasteiger partial charge in [0.25, 0.3) is 11.5 Å². The smallest absolute Gasteiger partial charge is 0.274 e. The molecule has 31 heavy (non-hydrogen) atoms. The molecule has 0 aliphatic carbocycles. The van der Waals surface area contributed by atoms with Crippen LogP contribution >= 0.6 is 0 Å². The summed E-state index contributed by atoms with van der Waals surface area (Å²) < 4.78 is 5.15. The summed E-state index contributed by atoms with van der Waals surface area (Å²) in [7, 11) is 1.54. The van der Waals surface area contributed by atoms with Gasteiger partial charge in [0.15, 0.2) is 0 Å². The van der Waals surface area contributed by atoms with Crippen molar-refractivity contribution < 1.29 is 4.79 Å². The molecular weight excluding hydrogens is 392 g/mol. The fraction of sp³-hybridized carbons (Fsp3) is 0.217. The van der Waals surface area contributed by atoms with Crippen LogP contribution in [0.15, 0.2) is 59.7 Å². The van der Waals surface area contributed by atoms with E-state index in [1.165, 1.54) is 35.0 Å². The maximum Gasteiger partial charge on any atom is 0.274 e. The monoisotopic (exact) mass is 414 g/mol. The van der Waals surface area contributed by atoms with E-state index in [4.69, 9.17) is 5.10 Å². The van der Waals surface area contributed by atoms with Crippen LogP contribution in [0.1, 0.15) is 32.9 Å². The van der Waals surface area contributed by atoms with Gasteiger partial charge in [0.1, 0.15) is 11.5 Å². The molecule has 0 atom stereocenters. The van der Waals surface area contributed by atoms with E-state index in [-0.39, 0.29) is 17.2 Å². The Morgan fingerprint density at radius 3 is 2.45 bits per heavy atom. The van der Waals surface area contributed by atoms with E-state index in [0.717, 1.165) is 22.8 Å². The molecule has 0 N–H and O–H groups in total. The van der Waals surface area contributed by atoms with Gasteiger partial charge in [-0.2, -0.15) is 10.2 Å². The highest BCUT2D eigenvalue weighted by atomic mass is 16.2. The highest BCUT2D eigenvalue weighted by Crippen LogP contribution is 2.31. The Kier molecular flexibility index (Phi) is 4.35. The van der Waals surface area contributed by atoms with Crippen LogP contribution in [-0.4, -0.2) is 34.9 Å². The maximum atomic E-state index is 13.0. The molecule has 0 radical (unpaired) electrons. The molecule has 0 unspecified atom stereocenters. The van der Waals surface area contributed by atoms with Gasteiger partial charge in [-0.25, -0.2) is 9.36 Å². The zero-order valence-corrected chi connectivity index (χ0v) is 17.6. The third-order valence-electron chi connectivity index (χ3n) is 5.78. The number of aryl methyl sites for hydroxylation is 3. The van der Waals surface area contributed by atoms with Gasteiger partial charge in [-0.05, 0) is 55.3 Å². The Balaban J connectivity index is 1.55. The van der Waals surface area contributed by atoms with Crippen LogP contribution in [0.5, 0.6) is 0 Å².